The molecule has 0 N–H and O–H groups in total. The summed E-state index contributed by atoms with van der Waals surface area (Å²) in [5.41, 5.74) is 0. The van der Waals surface area contributed by atoms with Crippen molar-refractivity contribution in [1.29, 1.82) is 0 Å². The molecule has 2 nitrogen and oxygen atoms in total. The second-order valence-corrected chi connectivity index (χ2v) is 7.16. The molecule has 0 amide bonds. The summed E-state index contributed by atoms with van der Waals surface area (Å²) in [4.78, 5) is 4.78. The van der Waals surface area contributed by atoms with Gasteiger partial charge >= 0.3 is 26.2 Å². The van der Waals surface area contributed by atoms with Gasteiger partial charge in [-0.15, -0.1) is 0 Å². The molecule has 0 radical (unpaired) electrons. The number of nitrogens with zero attached hydrogens (tertiary/aromatic N) is 2. The van der Waals surface area contributed by atoms with Crippen molar-refractivity contribution in [3.8, 4) is 0 Å². The Kier molecular flexibility index (Phi) is 18.6. The first-order chi connectivity index (χ1) is 10.3. The zero-order valence-electron chi connectivity index (χ0n) is 16.7. The van der Waals surface area contributed by atoms with Crippen molar-refractivity contribution in [3.63, 3.8) is 0 Å². The minimum Gasteiger partial charge on any atom is -0.466 e. The van der Waals surface area contributed by atoms with Crippen molar-refractivity contribution in [1.82, 2.24) is 0 Å². The maximum absolute atomic E-state index is 4.78. The molecule has 3 heteroatoms. The first-order valence-electron chi connectivity index (χ1n) is 9.60. The van der Waals surface area contributed by atoms with Crippen molar-refractivity contribution in [2.45, 2.75) is 115 Å². The summed E-state index contributed by atoms with van der Waals surface area (Å²) in [5.74, 6) is 1.07. The van der Waals surface area contributed by atoms with Gasteiger partial charge in [-0.1, -0.05) is 102 Å². The first-order valence-corrected chi connectivity index (χ1v) is 9.60. The molecule has 3 aliphatic rings. The van der Waals surface area contributed by atoms with E-state index in [1.807, 2.05) is 0 Å². The minimum atomic E-state index is 0. The van der Waals surface area contributed by atoms with Crippen molar-refractivity contribution < 1.29 is 26.2 Å². The maximum Gasteiger partial charge on any atom is 4.00 e. The summed E-state index contributed by atoms with van der Waals surface area (Å²) in [6, 6.07) is 1.17. The van der Waals surface area contributed by atoms with Crippen LogP contribution in [0.2, 0.25) is 0 Å². The molecule has 0 bridgehead atoms. The van der Waals surface area contributed by atoms with Gasteiger partial charge in [-0.05, 0) is 19.0 Å². The summed E-state index contributed by atoms with van der Waals surface area (Å²) in [6.45, 7) is 2.10. The van der Waals surface area contributed by atoms with E-state index in [0.29, 0.717) is 12.1 Å². The number of amidine groups is 1. The number of hydrogen-bond acceptors (Lipinski definition) is 1. The topological polar surface area (TPSA) is 26.5 Å². The summed E-state index contributed by atoms with van der Waals surface area (Å²) < 4.78 is 0. The summed E-state index contributed by atoms with van der Waals surface area (Å²) in [6.07, 6.45) is 20.9. The van der Waals surface area contributed by atoms with E-state index < -0.39 is 0 Å². The van der Waals surface area contributed by atoms with Crippen molar-refractivity contribution in [2.75, 3.05) is 0 Å². The maximum atomic E-state index is 4.78. The fourth-order valence-electron chi connectivity index (χ4n) is 3.87. The largest absolute Gasteiger partial charge is 4.00 e. The number of aliphatic imine (C=N–C) groups is 1. The summed E-state index contributed by atoms with van der Waals surface area (Å²) in [7, 11) is 0. The monoisotopic (exact) mass is 411 g/mol. The Balaban J connectivity index is 0. The first kappa shape index (κ1) is 26.6. The van der Waals surface area contributed by atoms with Gasteiger partial charge < -0.3 is 25.2 Å². The Morgan fingerprint density at radius 2 is 1.04 bits per heavy atom. The zero-order valence-corrected chi connectivity index (χ0v) is 19.1. The van der Waals surface area contributed by atoms with Crippen LogP contribution in [0, 0.1) is 14.9 Å². The zero-order chi connectivity index (χ0) is 14.8. The standard InChI is InChI=1S/C14H25N2.C5H10.2CH3.Zr/c1-12(15-13-8-4-2-5-9-13)16-14-10-6-3-7-11-14;1-2-4-5-3-1;;;/h13-14H,2-11H2,1H3;1-5H2;2*1H3;/q-1;;2*-1;+4. The van der Waals surface area contributed by atoms with E-state index in [0.717, 1.165) is 5.84 Å². The van der Waals surface area contributed by atoms with E-state index in [4.69, 9.17) is 10.3 Å². The molecule has 0 saturated heterocycles. The van der Waals surface area contributed by atoms with Crippen LogP contribution in [0.4, 0.5) is 0 Å². The number of rotatable bonds is 2. The van der Waals surface area contributed by atoms with Crippen LogP contribution in [-0.4, -0.2) is 17.9 Å². The average Bonchev–Trinajstić information content (AvgIpc) is 3.09. The van der Waals surface area contributed by atoms with E-state index in [9.17, 15) is 0 Å². The second kappa shape index (κ2) is 16.8. The molecule has 0 spiro atoms. The normalized spacial score (nSPS) is 22.1. The van der Waals surface area contributed by atoms with Gasteiger partial charge in [0, 0.05) is 0 Å². The van der Waals surface area contributed by atoms with Crippen molar-refractivity contribution in [2.24, 2.45) is 4.99 Å². The molecular weight excluding hydrogens is 371 g/mol. The second-order valence-electron chi connectivity index (χ2n) is 7.16. The molecule has 3 rings (SSSR count). The fourth-order valence-corrected chi connectivity index (χ4v) is 3.87. The molecular formula is C21H41N2Zr+. The molecule has 3 fully saturated rings. The van der Waals surface area contributed by atoms with Crippen LogP contribution in [-0.2, 0) is 26.2 Å². The van der Waals surface area contributed by atoms with Gasteiger partial charge in [-0.25, -0.2) is 0 Å². The van der Waals surface area contributed by atoms with Crippen LogP contribution in [0.3, 0.4) is 0 Å². The Hall–Kier alpha value is 0.353. The predicted molar refractivity (Wildman–Crippen MR) is 106 cm³/mol. The molecule has 3 saturated carbocycles. The van der Waals surface area contributed by atoms with E-state index >= 15 is 0 Å². The average molecular weight is 413 g/mol. The van der Waals surface area contributed by atoms with Gasteiger partial charge in [0.2, 0.25) is 0 Å². The van der Waals surface area contributed by atoms with Crippen molar-refractivity contribution >= 4 is 5.84 Å². The Bertz CT molecular complexity index is 281. The van der Waals surface area contributed by atoms with Crippen LogP contribution in [0.5, 0.6) is 0 Å². The quantitative estimate of drug-likeness (QED) is 0.258. The van der Waals surface area contributed by atoms with E-state index in [1.165, 1.54) is 96.3 Å². The van der Waals surface area contributed by atoms with Gasteiger partial charge in [-0.2, -0.15) is 0 Å². The molecule has 24 heavy (non-hydrogen) atoms. The Morgan fingerprint density at radius 3 is 1.50 bits per heavy atom. The van der Waals surface area contributed by atoms with E-state index in [2.05, 4.69) is 6.92 Å². The molecule has 3 aliphatic carbocycles. The van der Waals surface area contributed by atoms with Gasteiger partial charge in [-0.3, -0.25) is 0 Å². The van der Waals surface area contributed by atoms with Gasteiger partial charge in [0.1, 0.15) is 0 Å². The van der Waals surface area contributed by atoms with Crippen LogP contribution < -0.4 is 0 Å². The molecule has 0 atom stereocenters. The molecule has 0 aromatic rings. The van der Waals surface area contributed by atoms with Gasteiger partial charge in [0.15, 0.2) is 0 Å². The molecule has 0 heterocycles. The predicted octanol–water partition coefficient (Wildman–Crippen LogP) is 7.29. The molecule has 0 aromatic heterocycles. The summed E-state index contributed by atoms with van der Waals surface area (Å²) in [5, 5.41) is 4.78. The van der Waals surface area contributed by atoms with E-state index in [-0.39, 0.29) is 41.1 Å². The minimum absolute atomic E-state index is 0. The van der Waals surface area contributed by atoms with Gasteiger partial charge in [0.05, 0.1) is 0 Å². The van der Waals surface area contributed by atoms with E-state index in [1.54, 1.807) is 0 Å². The fraction of sp³-hybridized carbons (Fsp3) is 0.857. The Labute approximate surface area is 172 Å². The smallest absolute Gasteiger partial charge is 0.466 e. The molecule has 0 aliphatic heterocycles. The third-order valence-electron chi connectivity index (χ3n) is 5.14. The van der Waals surface area contributed by atoms with Gasteiger partial charge in [0.25, 0.3) is 0 Å². The van der Waals surface area contributed by atoms with Crippen LogP contribution in [0.25, 0.3) is 5.32 Å². The Morgan fingerprint density at radius 1 is 0.667 bits per heavy atom. The number of hydrogen-bond donors (Lipinski definition) is 0. The van der Waals surface area contributed by atoms with Crippen LogP contribution in [0.1, 0.15) is 103 Å². The van der Waals surface area contributed by atoms with Crippen LogP contribution >= 0.6 is 0 Å². The molecule has 138 valence electrons. The molecule has 0 unspecified atom stereocenters. The SMILES string of the molecule is C1CCCC1.CC(=NC1CCCCC1)[N-]C1CCCCC1.[CH3-].[CH3-].[Zr+4]. The van der Waals surface area contributed by atoms with Crippen molar-refractivity contribution in [3.05, 3.63) is 20.2 Å². The molecule has 0 aromatic carbocycles. The summed E-state index contributed by atoms with van der Waals surface area (Å²) >= 11 is 0. The third-order valence-corrected chi connectivity index (χ3v) is 5.14. The third kappa shape index (κ3) is 11.8. The van der Waals surface area contributed by atoms with Crippen LogP contribution in [0.15, 0.2) is 4.99 Å².